The summed E-state index contributed by atoms with van der Waals surface area (Å²) in [5.41, 5.74) is 1.50. The Bertz CT molecular complexity index is 1270. The Morgan fingerprint density at radius 1 is 1.13 bits per heavy atom. The number of aromatic nitrogens is 1. The van der Waals surface area contributed by atoms with Gasteiger partial charge in [0.1, 0.15) is 29.0 Å². The predicted molar refractivity (Wildman–Crippen MR) is 127 cm³/mol. The number of carbonyl (C=O) groups excluding carboxylic acids is 2. The van der Waals surface area contributed by atoms with Gasteiger partial charge in [0.2, 0.25) is 15.9 Å². The second-order valence-electron chi connectivity index (χ2n) is 8.59. The Labute approximate surface area is 222 Å². The van der Waals surface area contributed by atoms with Crippen molar-refractivity contribution in [1.82, 2.24) is 19.7 Å². The van der Waals surface area contributed by atoms with Crippen LogP contribution in [0.4, 0.5) is 13.6 Å². The van der Waals surface area contributed by atoms with E-state index in [1.807, 2.05) is 0 Å². The number of hydrogen-bond acceptors (Lipinski definition) is 10. The van der Waals surface area contributed by atoms with Crippen molar-refractivity contribution in [3.8, 4) is 17.4 Å². The van der Waals surface area contributed by atoms with Crippen LogP contribution in [0.25, 0.3) is 0 Å². The van der Waals surface area contributed by atoms with E-state index in [9.17, 15) is 32.0 Å². The number of carbonyl (C=O) groups is 2. The molecule has 3 heterocycles. The monoisotopic (exact) mass is 572 g/mol. The first kappa shape index (κ1) is 28.4. The number of amides is 2. The minimum atomic E-state index is -4.31. The number of benzene rings is 1. The van der Waals surface area contributed by atoms with Gasteiger partial charge in [-0.25, -0.2) is 23.7 Å². The second kappa shape index (κ2) is 12.1. The van der Waals surface area contributed by atoms with Gasteiger partial charge in [0.05, 0.1) is 18.8 Å². The van der Waals surface area contributed by atoms with E-state index in [0.29, 0.717) is 12.8 Å². The van der Waals surface area contributed by atoms with Gasteiger partial charge in [-0.3, -0.25) is 14.9 Å². The van der Waals surface area contributed by atoms with E-state index in [1.54, 1.807) is 0 Å². The standard InChI is InChI=1S/C23H26F2N4O9S/c1-35-10-11-36-23(31)29-14-2-8-18(29)20(21(30)27-32)28(13-14)39(33,34)17-7-9-19(26-12-17)37-15-3-5-16(6-4-15)38-22(24)25/h3-7,9,12,14,18,20,22,32H,2,8,10-11,13H2,1H3,(H,27,30)/t14-,18+,20-/m1/s1. The third kappa shape index (κ3) is 6.19. The van der Waals surface area contributed by atoms with Crippen molar-refractivity contribution in [1.29, 1.82) is 0 Å². The normalized spacial score (nSPS) is 21.1. The number of methoxy groups -OCH3 is 1. The molecule has 0 radical (unpaired) electrons. The Morgan fingerprint density at radius 3 is 2.46 bits per heavy atom. The first-order valence-electron chi connectivity index (χ1n) is 11.7. The van der Waals surface area contributed by atoms with Crippen molar-refractivity contribution in [3.05, 3.63) is 42.6 Å². The molecule has 0 spiro atoms. The minimum Gasteiger partial charge on any atom is -0.447 e. The maximum absolute atomic E-state index is 13.6. The number of nitrogens with zero attached hydrogens (tertiary/aromatic N) is 3. The average Bonchev–Trinajstić information content (AvgIpc) is 3.22. The molecule has 4 rings (SSSR count). The lowest BCUT2D eigenvalue weighted by molar-refractivity contribution is -0.136. The van der Waals surface area contributed by atoms with E-state index in [-0.39, 0.29) is 42.0 Å². The van der Waals surface area contributed by atoms with Crippen molar-refractivity contribution >= 4 is 22.0 Å². The molecule has 16 heteroatoms. The number of fused-ring (bicyclic) bond motifs is 2. The van der Waals surface area contributed by atoms with E-state index in [4.69, 9.17) is 14.2 Å². The molecule has 2 aromatic rings. The first-order valence-corrected chi connectivity index (χ1v) is 13.2. The quantitative estimate of drug-likeness (QED) is 0.245. The van der Waals surface area contributed by atoms with Gasteiger partial charge in [0.25, 0.3) is 5.91 Å². The van der Waals surface area contributed by atoms with Crippen LogP contribution in [0.1, 0.15) is 12.8 Å². The molecule has 0 unspecified atom stereocenters. The molecule has 2 aliphatic rings. The van der Waals surface area contributed by atoms with Gasteiger partial charge in [-0.15, -0.1) is 0 Å². The molecule has 13 nitrogen and oxygen atoms in total. The molecule has 2 N–H and O–H groups in total. The molecule has 39 heavy (non-hydrogen) atoms. The van der Waals surface area contributed by atoms with Crippen LogP contribution in [0.3, 0.4) is 0 Å². The highest BCUT2D eigenvalue weighted by molar-refractivity contribution is 7.89. The largest absolute Gasteiger partial charge is 0.447 e. The van der Waals surface area contributed by atoms with Crippen LogP contribution >= 0.6 is 0 Å². The van der Waals surface area contributed by atoms with Crippen LogP contribution in [0.5, 0.6) is 17.4 Å². The molecule has 3 atom stereocenters. The Balaban J connectivity index is 1.51. The lowest BCUT2D eigenvalue weighted by Gasteiger charge is -2.44. The molecular weight excluding hydrogens is 546 g/mol. The van der Waals surface area contributed by atoms with Crippen LogP contribution < -0.4 is 15.0 Å². The summed E-state index contributed by atoms with van der Waals surface area (Å²) in [4.78, 5) is 30.5. The molecule has 2 bridgehead atoms. The minimum absolute atomic E-state index is 0.0160. The number of pyridine rings is 1. The number of nitrogens with one attached hydrogen (secondary N) is 1. The topological polar surface area (TPSA) is 157 Å². The molecule has 2 amide bonds. The summed E-state index contributed by atoms with van der Waals surface area (Å²) in [5, 5.41) is 9.36. The van der Waals surface area contributed by atoms with E-state index >= 15 is 0 Å². The summed E-state index contributed by atoms with van der Waals surface area (Å²) in [7, 11) is -2.87. The number of sulfonamides is 1. The number of rotatable bonds is 10. The third-order valence-corrected chi connectivity index (χ3v) is 8.13. The summed E-state index contributed by atoms with van der Waals surface area (Å²) in [6.45, 7) is -3.02. The highest BCUT2D eigenvalue weighted by Crippen LogP contribution is 2.38. The van der Waals surface area contributed by atoms with Crippen molar-refractivity contribution in [2.24, 2.45) is 0 Å². The van der Waals surface area contributed by atoms with Gasteiger partial charge in [-0.05, 0) is 43.2 Å². The maximum atomic E-state index is 13.6. The number of ether oxygens (including phenoxy) is 4. The molecule has 1 aromatic heterocycles. The lowest BCUT2D eigenvalue weighted by atomic mass is 10.1. The fourth-order valence-corrected chi connectivity index (χ4v) is 6.23. The van der Waals surface area contributed by atoms with Crippen LogP contribution in [-0.2, 0) is 24.3 Å². The zero-order valence-corrected chi connectivity index (χ0v) is 21.4. The highest BCUT2D eigenvalue weighted by atomic mass is 32.2. The van der Waals surface area contributed by atoms with Crippen LogP contribution in [0.15, 0.2) is 47.5 Å². The van der Waals surface area contributed by atoms with Crippen molar-refractivity contribution in [3.63, 3.8) is 0 Å². The third-order valence-electron chi connectivity index (χ3n) is 6.30. The molecular formula is C23H26F2N4O9S. The van der Waals surface area contributed by atoms with Gasteiger partial charge in [-0.1, -0.05) is 0 Å². The molecule has 212 valence electrons. The van der Waals surface area contributed by atoms with Crippen molar-refractivity contribution < 1.29 is 50.9 Å². The van der Waals surface area contributed by atoms with Crippen LogP contribution in [-0.4, -0.2) is 91.4 Å². The first-order chi connectivity index (χ1) is 18.6. The lowest BCUT2D eigenvalue weighted by Crippen LogP contribution is -2.66. The summed E-state index contributed by atoms with van der Waals surface area (Å²) < 4.78 is 72.6. The van der Waals surface area contributed by atoms with E-state index in [0.717, 1.165) is 10.5 Å². The number of hydrogen-bond donors (Lipinski definition) is 2. The summed E-state index contributed by atoms with van der Waals surface area (Å²) in [5.74, 6) is -0.800. The number of piperazine rings is 1. The fraction of sp³-hybridized carbons (Fsp3) is 0.435. The van der Waals surface area contributed by atoms with E-state index < -0.39 is 46.8 Å². The molecule has 1 aromatic carbocycles. The summed E-state index contributed by atoms with van der Waals surface area (Å²) in [6.07, 6.45) is 1.09. The highest BCUT2D eigenvalue weighted by Gasteiger charge is 2.55. The predicted octanol–water partition coefficient (Wildman–Crippen LogP) is 1.97. The number of halogens is 2. The molecule has 2 fully saturated rings. The SMILES string of the molecule is COCCOC(=O)N1[C@@H]2CC[C@H]1[C@H](C(=O)NO)N(S(=O)(=O)c1ccc(Oc3ccc(OC(F)F)cc3)nc1)C2. The molecule has 0 aliphatic carbocycles. The maximum Gasteiger partial charge on any atom is 0.410 e. The van der Waals surface area contributed by atoms with E-state index in [1.165, 1.54) is 53.9 Å². The van der Waals surface area contributed by atoms with Crippen LogP contribution in [0.2, 0.25) is 0 Å². The smallest absolute Gasteiger partial charge is 0.410 e. The Morgan fingerprint density at radius 2 is 1.85 bits per heavy atom. The van der Waals surface area contributed by atoms with Gasteiger partial charge in [0, 0.05) is 25.8 Å². The number of hydroxylamine groups is 1. The summed E-state index contributed by atoms with van der Waals surface area (Å²) in [6, 6.07) is 4.97. The van der Waals surface area contributed by atoms with Gasteiger partial charge >= 0.3 is 12.7 Å². The molecule has 0 saturated carbocycles. The molecule has 2 saturated heterocycles. The van der Waals surface area contributed by atoms with E-state index in [2.05, 4.69) is 9.72 Å². The van der Waals surface area contributed by atoms with Gasteiger partial charge < -0.3 is 18.9 Å². The summed E-state index contributed by atoms with van der Waals surface area (Å²) >= 11 is 0. The van der Waals surface area contributed by atoms with Gasteiger partial charge in [-0.2, -0.15) is 13.1 Å². The number of alkyl halides is 2. The van der Waals surface area contributed by atoms with Crippen molar-refractivity contribution in [2.75, 3.05) is 26.9 Å². The zero-order valence-electron chi connectivity index (χ0n) is 20.6. The van der Waals surface area contributed by atoms with Crippen molar-refractivity contribution in [2.45, 2.75) is 42.5 Å². The Kier molecular flexibility index (Phi) is 8.79. The fourth-order valence-electron chi connectivity index (χ4n) is 4.63. The average molecular weight is 573 g/mol. The second-order valence-corrected chi connectivity index (χ2v) is 10.5. The Hall–Kier alpha value is -3.60. The zero-order chi connectivity index (χ0) is 28.2. The van der Waals surface area contributed by atoms with Crippen LogP contribution in [0, 0.1) is 0 Å². The van der Waals surface area contributed by atoms with Gasteiger partial charge in [0.15, 0.2) is 0 Å². The molecule has 2 aliphatic heterocycles.